The van der Waals surface area contributed by atoms with Crippen molar-refractivity contribution in [2.45, 2.75) is 33.3 Å². The van der Waals surface area contributed by atoms with E-state index < -0.39 is 0 Å². The lowest BCUT2D eigenvalue weighted by Gasteiger charge is -2.16. The van der Waals surface area contributed by atoms with Crippen molar-refractivity contribution in [1.82, 2.24) is 4.90 Å². The van der Waals surface area contributed by atoms with Crippen molar-refractivity contribution < 1.29 is 23.8 Å². The van der Waals surface area contributed by atoms with E-state index >= 15 is 0 Å². The van der Waals surface area contributed by atoms with E-state index in [4.69, 9.17) is 14.2 Å². The Kier molecular flexibility index (Phi) is 7.89. The summed E-state index contributed by atoms with van der Waals surface area (Å²) in [6, 6.07) is 14.4. The van der Waals surface area contributed by atoms with Crippen LogP contribution < -0.4 is 14.8 Å². The molecular weight excluding hydrogens is 408 g/mol. The Morgan fingerprint density at radius 3 is 2.38 bits per heavy atom. The maximum Gasteiger partial charge on any atom is 0.278 e. The number of ether oxygens (including phenoxy) is 3. The molecule has 2 aromatic rings. The molecule has 0 radical (unpaired) electrons. The maximum atomic E-state index is 13.3. The average Bonchev–Trinajstić information content (AvgIpc) is 3.02. The molecule has 1 aliphatic rings. The lowest BCUT2D eigenvalue weighted by Crippen LogP contribution is -2.35. The minimum absolute atomic E-state index is 0.0141. The molecule has 0 atom stereocenters. The summed E-state index contributed by atoms with van der Waals surface area (Å²) >= 11 is 0. The van der Waals surface area contributed by atoms with Gasteiger partial charge in [0.15, 0.2) is 0 Å². The first kappa shape index (κ1) is 23.3. The Morgan fingerprint density at radius 2 is 1.72 bits per heavy atom. The van der Waals surface area contributed by atoms with Gasteiger partial charge in [-0.3, -0.25) is 14.5 Å². The number of rotatable bonds is 11. The van der Waals surface area contributed by atoms with Gasteiger partial charge in [0.25, 0.3) is 11.8 Å². The van der Waals surface area contributed by atoms with E-state index in [1.165, 1.54) is 4.90 Å². The lowest BCUT2D eigenvalue weighted by atomic mass is 10.0. The number of amides is 2. The number of imide groups is 1. The van der Waals surface area contributed by atoms with Crippen molar-refractivity contribution in [3.8, 4) is 11.5 Å². The van der Waals surface area contributed by atoms with Crippen LogP contribution in [0.1, 0.15) is 32.8 Å². The topological polar surface area (TPSA) is 77.1 Å². The number of benzene rings is 2. The molecule has 0 aliphatic carbocycles. The first-order chi connectivity index (χ1) is 15.4. The van der Waals surface area contributed by atoms with E-state index in [1.807, 2.05) is 45.0 Å². The van der Waals surface area contributed by atoms with E-state index in [2.05, 4.69) is 5.32 Å². The summed E-state index contributed by atoms with van der Waals surface area (Å²) in [5, 5.41) is 3.16. The molecule has 0 fully saturated rings. The molecule has 1 aliphatic heterocycles. The third-order valence-electron chi connectivity index (χ3n) is 4.89. The van der Waals surface area contributed by atoms with Gasteiger partial charge >= 0.3 is 0 Å². The van der Waals surface area contributed by atoms with Crippen LogP contribution in [-0.2, 0) is 14.3 Å². The van der Waals surface area contributed by atoms with Gasteiger partial charge in [0.1, 0.15) is 17.2 Å². The van der Waals surface area contributed by atoms with Gasteiger partial charge in [-0.2, -0.15) is 0 Å². The number of nitrogens with one attached hydrogen (secondary N) is 1. The van der Waals surface area contributed by atoms with Gasteiger partial charge in [-0.05, 0) is 50.1 Å². The van der Waals surface area contributed by atoms with Gasteiger partial charge in [-0.25, -0.2) is 0 Å². The maximum absolute atomic E-state index is 13.3. The number of hydrogen-bond donors (Lipinski definition) is 1. The zero-order valence-electron chi connectivity index (χ0n) is 19.0. The Hall–Kier alpha value is -3.32. The van der Waals surface area contributed by atoms with Crippen LogP contribution in [0.15, 0.2) is 54.2 Å². The van der Waals surface area contributed by atoms with Crippen molar-refractivity contribution in [1.29, 1.82) is 0 Å². The third-order valence-corrected chi connectivity index (χ3v) is 4.89. The summed E-state index contributed by atoms with van der Waals surface area (Å²) < 4.78 is 16.5. The molecule has 1 heterocycles. The summed E-state index contributed by atoms with van der Waals surface area (Å²) in [7, 11) is 1.58. The van der Waals surface area contributed by atoms with E-state index in [-0.39, 0.29) is 36.8 Å². The minimum Gasteiger partial charge on any atom is -0.497 e. The highest BCUT2D eigenvalue weighted by atomic mass is 16.5. The van der Waals surface area contributed by atoms with Crippen molar-refractivity contribution in [2.75, 3.05) is 32.2 Å². The molecular formula is C25H30N2O5. The number of hydrogen-bond acceptors (Lipinski definition) is 6. The van der Waals surface area contributed by atoms with Crippen LogP contribution in [0.25, 0.3) is 5.57 Å². The second-order valence-corrected chi connectivity index (χ2v) is 7.66. The zero-order chi connectivity index (χ0) is 23.1. The molecule has 0 saturated heterocycles. The molecule has 7 nitrogen and oxygen atoms in total. The predicted molar refractivity (Wildman–Crippen MR) is 124 cm³/mol. The van der Waals surface area contributed by atoms with Crippen molar-refractivity contribution in [3.63, 3.8) is 0 Å². The van der Waals surface area contributed by atoms with Crippen molar-refractivity contribution >= 4 is 23.1 Å². The molecule has 0 spiro atoms. The first-order valence-electron chi connectivity index (χ1n) is 10.8. The van der Waals surface area contributed by atoms with Gasteiger partial charge in [0, 0.05) is 11.8 Å². The molecule has 0 saturated carbocycles. The molecule has 0 unspecified atom stereocenters. The van der Waals surface area contributed by atoms with Crippen molar-refractivity contribution in [2.24, 2.45) is 0 Å². The predicted octanol–water partition coefficient (Wildman–Crippen LogP) is 4.10. The molecule has 2 aromatic carbocycles. The fourth-order valence-electron chi connectivity index (χ4n) is 3.33. The van der Waals surface area contributed by atoms with Crippen LogP contribution in [0.3, 0.4) is 0 Å². The van der Waals surface area contributed by atoms with Crippen LogP contribution in [0, 0.1) is 0 Å². The molecule has 0 bridgehead atoms. The van der Waals surface area contributed by atoms with E-state index in [0.29, 0.717) is 34.9 Å². The molecule has 1 N–H and O–H groups in total. The molecule has 170 valence electrons. The Labute approximate surface area is 189 Å². The normalized spacial score (nSPS) is 13.8. The molecule has 2 amide bonds. The van der Waals surface area contributed by atoms with Gasteiger partial charge in [0.05, 0.1) is 38.5 Å². The number of nitrogens with zero attached hydrogens (tertiary/aromatic N) is 1. The first-order valence-corrected chi connectivity index (χ1v) is 10.8. The number of carbonyl (C=O) groups excluding carboxylic acids is 2. The van der Waals surface area contributed by atoms with Crippen molar-refractivity contribution in [3.05, 3.63) is 59.8 Å². The van der Waals surface area contributed by atoms with E-state index in [1.54, 1.807) is 31.4 Å². The number of carbonyl (C=O) groups is 2. The fraction of sp³-hybridized carbons (Fsp3) is 0.360. The highest BCUT2D eigenvalue weighted by molar-refractivity contribution is 6.36. The Bertz CT molecular complexity index is 982. The molecule has 3 rings (SSSR count). The lowest BCUT2D eigenvalue weighted by molar-refractivity contribution is -0.137. The van der Waals surface area contributed by atoms with Crippen LogP contribution in [-0.4, -0.2) is 49.7 Å². The zero-order valence-corrected chi connectivity index (χ0v) is 19.0. The number of methoxy groups -OCH3 is 1. The third kappa shape index (κ3) is 5.48. The van der Waals surface area contributed by atoms with Crippen LogP contribution >= 0.6 is 0 Å². The standard InChI is InChI=1S/C25H30N2O5/c1-5-14-32-21-8-6-7-19(16-21)26-23-22(18-9-11-20(30-4)12-10-18)24(28)27(25(23)29)13-15-31-17(2)3/h6-12,16-17,26H,5,13-15H2,1-4H3. The summed E-state index contributed by atoms with van der Waals surface area (Å²) in [6.45, 7) is 6.92. The van der Waals surface area contributed by atoms with Crippen LogP contribution in [0.2, 0.25) is 0 Å². The van der Waals surface area contributed by atoms with Gasteiger partial charge in [0.2, 0.25) is 0 Å². The van der Waals surface area contributed by atoms with Gasteiger partial charge in [-0.15, -0.1) is 0 Å². The highest BCUT2D eigenvalue weighted by Crippen LogP contribution is 2.32. The Balaban J connectivity index is 1.93. The SMILES string of the molecule is CCCOc1cccc(NC2=C(c3ccc(OC)cc3)C(=O)N(CCOC(C)C)C2=O)c1. The highest BCUT2D eigenvalue weighted by Gasteiger charge is 2.39. The van der Waals surface area contributed by atoms with Crippen LogP contribution in [0.5, 0.6) is 11.5 Å². The number of anilines is 1. The monoisotopic (exact) mass is 438 g/mol. The average molecular weight is 439 g/mol. The molecule has 0 aromatic heterocycles. The molecule has 7 heteroatoms. The summed E-state index contributed by atoms with van der Waals surface area (Å²) in [4.78, 5) is 27.7. The smallest absolute Gasteiger partial charge is 0.278 e. The summed E-state index contributed by atoms with van der Waals surface area (Å²) in [5.41, 5.74) is 1.86. The second-order valence-electron chi connectivity index (χ2n) is 7.66. The van der Waals surface area contributed by atoms with Crippen LogP contribution in [0.4, 0.5) is 5.69 Å². The fourth-order valence-corrected chi connectivity index (χ4v) is 3.33. The van der Waals surface area contributed by atoms with Gasteiger partial charge < -0.3 is 19.5 Å². The molecule has 32 heavy (non-hydrogen) atoms. The van der Waals surface area contributed by atoms with E-state index in [0.717, 1.165) is 6.42 Å². The quantitative estimate of drug-likeness (QED) is 0.532. The largest absolute Gasteiger partial charge is 0.497 e. The second kappa shape index (κ2) is 10.8. The van der Waals surface area contributed by atoms with Gasteiger partial charge in [-0.1, -0.05) is 25.1 Å². The van der Waals surface area contributed by atoms with E-state index in [9.17, 15) is 9.59 Å². The minimum atomic E-state index is -0.381. The summed E-state index contributed by atoms with van der Waals surface area (Å²) in [6.07, 6.45) is 0.908. The Morgan fingerprint density at radius 1 is 0.969 bits per heavy atom. The summed E-state index contributed by atoms with van der Waals surface area (Å²) in [5.74, 6) is 0.632.